The summed E-state index contributed by atoms with van der Waals surface area (Å²) in [5.41, 5.74) is 6.96. The van der Waals surface area contributed by atoms with Crippen LogP contribution in [0, 0.1) is 0 Å². The Balaban J connectivity index is 2.31. The SMILES string of the molecule is BC1=Nc2c(B)nc(N)nc2C1C(CF)O[C@@](F)(CO)C(B)(B)OP(=O)(OCOC(=O)OC(C)C)OCOC(=O)OC(C)C. The number of rotatable bonds is 16. The Kier molecular flexibility index (Phi) is 13.2. The van der Waals surface area contributed by atoms with E-state index in [1.807, 2.05) is 0 Å². The summed E-state index contributed by atoms with van der Waals surface area (Å²) >= 11 is 0. The number of aromatic nitrogens is 2. The number of hydrogen-bond donors (Lipinski definition) is 2. The minimum absolute atomic E-state index is 0.125. The van der Waals surface area contributed by atoms with Gasteiger partial charge >= 0.3 is 20.1 Å². The predicted octanol–water partition coefficient (Wildman–Crippen LogP) is -1.79. The Hall–Kier alpha value is -2.76. The van der Waals surface area contributed by atoms with Crippen molar-refractivity contribution in [3.63, 3.8) is 0 Å². The average Bonchev–Trinajstić information content (AvgIpc) is 3.21. The summed E-state index contributed by atoms with van der Waals surface area (Å²) in [6.45, 7) is 1.25. The molecule has 3 atom stereocenters. The first-order valence-electron chi connectivity index (χ1n) is 13.4. The van der Waals surface area contributed by atoms with Crippen molar-refractivity contribution in [2.45, 2.75) is 63.2 Å². The van der Waals surface area contributed by atoms with E-state index >= 15 is 4.39 Å². The molecule has 0 aliphatic carbocycles. The number of fused-ring (bicyclic) bond motifs is 1. The van der Waals surface area contributed by atoms with Gasteiger partial charge in [-0.25, -0.2) is 42.0 Å². The molecule has 2 unspecified atom stereocenters. The number of aliphatic imine (C=N–C) groups is 1. The van der Waals surface area contributed by atoms with Crippen LogP contribution in [0.25, 0.3) is 0 Å². The number of phosphoric acid groups is 1. The highest BCUT2D eigenvalue weighted by atomic mass is 31.2. The van der Waals surface area contributed by atoms with Crippen molar-refractivity contribution in [1.82, 2.24) is 9.97 Å². The van der Waals surface area contributed by atoms with Crippen LogP contribution in [-0.4, -0.2) is 121 Å². The molecular formula is C21H35B4F2N4O12P. The molecule has 1 aromatic heterocycles. The van der Waals surface area contributed by atoms with E-state index in [1.165, 1.54) is 27.7 Å². The number of nitrogen functional groups attached to an aromatic ring is 1. The van der Waals surface area contributed by atoms with Crippen molar-refractivity contribution in [3.05, 3.63) is 5.69 Å². The smallest absolute Gasteiger partial charge is 0.432 e. The Morgan fingerprint density at radius 2 is 1.57 bits per heavy atom. The average molecular weight is 648 g/mol. The molecule has 0 fully saturated rings. The van der Waals surface area contributed by atoms with E-state index in [0.29, 0.717) is 16.9 Å². The topological polar surface area (TPSA) is 209 Å². The van der Waals surface area contributed by atoms with Crippen LogP contribution >= 0.6 is 7.82 Å². The number of ether oxygens (including phenoxy) is 5. The first-order valence-corrected chi connectivity index (χ1v) is 14.8. The third-order valence-corrected chi connectivity index (χ3v) is 7.40. The number of nitrogens with zero attached hydrogens (tertiary/aromatic N) is 3. The van der Waals surface area contributed by atoms with E-state index in [4.69, 9.17) is 33.5 Å². The lowest BCUT2D eigenvalue weighted by Gasteiger charge is -2.42. The maximum atomic E-state index is 16.5. The minimum Gasteiger partial charge on any atom is -0.432 e. The molecule has 0 saturated carbocycles. The molecule has 16 nitrogen and oxygen atoms in total. The van der Waals surface area contributed by atoms with Crippen LogP contribution in [0.1, 0.15) is 39.3 Å². The Bertz CT molecular complexity index is 1240. The number of anilines is 1. The summed E-state index contributed by atoms with van der Waals surface area (Å²) in [5.74, 6) is -4.46. The Morgan fingerprint density at radius 1 is 1.05 bits per heavy atom. The normalized spacial score (nSPS) is 17.0. The van der Waals surface area contributed by atoms with Gasteiger partial charge in [0.2, 0.25) is 25.4 Å². The number of aliphatic hydroxyl groups excluding tert-OH is 1. The molecule has 0 amide bonds. The molecule has 3 N–H and O–H groups in total. The highest BCUT2D eigenvalue weighted by Crippen LogP contribution is 2.54. The molecule has 242 valence electrons. The third kappa shape index (κ3) is 9.87. The monoisotopic (exact) mass is 648 g/mol. The van der Waals surface area contributed by atoms with Crippen molar-refractivity contribution >= 4 is 74.4 Å². The molecule has 2 rings (SSSR count). The van der Waals surface area contributed by atoms with Gasteiger partial charge in [0.1, 0.15) is 35.1 Å². The van der Waals surface area contributed by atoms with Crippen LogP contribution < -0.4 is 11.3 Å². The van der Waals surface area contributed by atoms with Gasteiger partial charge in [0.05, 0.1) is 34.9 Å². The maximum absolute atomic E-state index is 16.5. The lowest BCUT2D eigenvalue weighted by Crippen LogP contribution is -2.60. The third-order valence-electron chi connectivity index (χ3n) is 5.88. The summed E-state index contributed by atoms with van der Waals surface area (Å²) in [7, 11) is 0.102. The van der Waals surface area contributed by atoms with Gasteiger partial charge in [-0.3, -0.25) is 9.52 Å². The molecule has 23 heteroatoms. The van der Waals surface area contributed by atoms with Crippen LogP contribution in [0.2, 0.25) is 0 Å². The van der Waals surface area contributed by atoms with Crippen molar-refractivity contribution in [1.29, 1.82) is 0 Å². The van der Waals surface area contributed by atoms with Crippen LogP contribution in [-0.2, 0) is 41.8 Å². The van der Waals surface area contributed by atoms with Gasteiger partial charge in [0.15, 0.2) is 15.7 Å². The fourth-order valence-electron chi connectivity index (χ4n) is 3.82. The molecule has 0 saturated heterocycles. The summed E-state index contributed by atoms with van der Waals surface area (Å²) in [6, 6.07) is 0. The fourth-order valence-corrected chi connectivity index (χ4v) is 5.06. The lowest BCUT2D eigenvalue weighted by molar-refractivity contribution is -0.243. The van der Waals surface area contributed by atoms with Gasteiger partial charge in [0, 0.05) is 5.59 Å². The zero-order valence-corrected chi connectivity index (χ0v) is 26.6. The second-order valence-corrected chi connectivity index (χ2v) is 12.1. The largest absolute Gasteiger partial charge is 0.510 e. The summed E-state index contributed by atoms with van der Waals surface area (Å²) in [5, 5.41) is 7.65. The fraction of sp³-hybridized carbons (Fsp3) is 0.667. The van der Waals surface area contributed by atoms with E-state index in [9.17, 15) is 23.7 Å². The molecule has 1 aromatic rings. The summed E-state index contributed by atoms with van der Waals surface area (Å²) in [4.78, 5) is 35.9. The highest BCUT2D eigenvalue weighted by molar-refractivity contribution is 7.48. The van der Waals surface area contributed by atoms with Crippen LogP contribution in [0.4, 0.5) is 30.0 Å². The van der Waals surface area contributed by atoms with Crippen LogP contribution in [0.5, 0.6) is 0 Å². The number of carbonyl (C=O) groups excluding carboxylic acids is 2. The van der Waals surface area contributed by atoms with E-state index in [2.05, 4.69) is 24.4 Å². The Morgan fingerprint density at radius 3 is 2.02 bits per heavy atom. The molecule has 1 aliphatic rings. The molecule has 0 bridgehead atoms. The number of phosphoric ester groups is 1. The number of carbonyl (C=O) groups is 2. The molecule has 0 aromatic carbocycles. The first kappa shape index (κ1) is 37.4. The van der Waals surface area contributed by atoms with Gasteiger partial charge in [0.25, 0.3) is 0 Å². The molecule has 44 heavy (non-hydrogen) atoms. The zero-order valence-electron chi connectivity index (χ0n) is 25.7. The van der Waals surface area contributed by atoms with Crippen molar-refractivity contribution < 1.29 is 65.3 Å². The van der Waals surface area contributed by atoms with Crippen LogP contribution in [0.3, 0.4) is 0 Å². The lowest BCUT2D eigenvalue weighted by atomic mass is 9.60. The second-order valence-electron chi connectivity index (χ2n) is 10.5. The van der Waals surface area contributed by atoms with Crippen molar-refractivity contribution in [2.75, 3.05) is 32.6 Å². The van der Waals surface area contributed by atoms with Gasteiger partial charge in [-0.1, -0.05) is 0 Å². The van der Waals surface area contributed by atoms with E-state index in [-0.39, 0.29) is 11.6 Å². The molecular weight excluding hydrogens is 612 g/mol. The minimum atomic E-state index is -5.04. The van der Waals surface area contributed by atoms with Crippen LogP contribution in [0.15, 0.2) is 4.99 Å². The number of alkyl halides is 2. The number of aliphatic hydroxyl groups is 1. The van der Waals surface area contributed by atoms with Crippen molar-refractivity contribution in [2.24, 2.45) is 4.99 Å². The van der Waals surface area contributed by atoms with Crippen molar-refractivity contribution in [3.8, 4) is 0 Å². The van der Waals surface area contributed by atoms with Gasteiger partial charge in [-0.2, -0.15) is 0 Å². The van der Waals surface area contributed by atoms with E-state index < -0.39 is 82.5 Å². The summed E-state index contributed by atoms with van der Waals surface area (Å²) < 4.78 is 84.1. The van der Waals surface area contributed by atoms with Gasteiger partial charge in [-0.05, 0) is 33.3 Å². The maximum Gasteiger partial charge on any atom is 0.510 e. The first-order chi connectivity index (χ1) is 20.4. The standard InChI is InChI=1S/C21H35B4F2N4O12P/c1-9(2)40-18(33)36-7-38-44(35,39-8-37-19(34)41-10(3)4)43-21(24,25)20(27,6-32)42-11(5-26)12-13-14(29-15(12)22)16(23)31-17(28)30-13/h9-12,32H,5-8,22-25H2,1-4H3,(H2,28,30,31)/t11?,12?,20-/m0/s1. The molecule has 2 heterocycles. The quantitative estimate of drug-likeness (QED) is 0.0878. The number of hydrogen-bond acceptors (Lipinski definition) is 16. The Labute approximate surface area is 256 Å². The van der Waals surface area contributed by atoms with Gasteiger partial charge in [-0.15, -0.1) is 0 Å². The number of halogens is 2. The second kappa shape index (κ2) is 15.5. The predicted molar refractivity (Wildman–Crippen MR) is 161 cm³/mol. The molecule has 0 spiro atoms. The highest BCUT2D eigenvalue weighted by Gasteiger charge is 2.54. The zero-order chi connectivity index (χ0) is 33.5. The summed E-state index contributed by atoms with van der Waals surface area (Å²) in [6.07, 6.45) is -5.18. The van der Waals surface area contributed by atoms with Gasteiger partial charge < -0.3 is 34.5 Å². The van der Waals surface area contributed by atoms with E-state index in [1.54, 1.807) is 15.7 Å². The number of nitrogens with two attached hydrogens (primary N) is 1. The molecule has 1 aliphatic heterocycles. The molecule has 0 radical (unpaired) electrons. The van der Waals surface area contributed by atoms with E-state index in [0.717, 1.165) is 15.7 Å².